The van der Waals surface area contributed by atoms with Gasteiger partial charge in [-0.3, -0.25) is 0 Å². The number of rotatable bonds is 8. The van der Waals surface area contributed by atoms with Crippen molar-refractivity contribution in [2.75, 3.05) is 13.2 Å². The maximum atomic E-state index is 10.5. The molecule has 2 heterocycles. The van der Waals surface area contributed by atoms with Crippen LogP contribution < -0.4 is 0 Å². The molecule has 35 heavy (non-hydrogen) atoms. The monoisotopic (exact) mass is 506 g/mol. The van der Waals surface area contributed by atoms with E-state index in [0.717, 1.165) is 12.0 Å². The lowest BCUT2D eigenvalue weighted by Gasteiger charge is -2.44. The molecule has 204 valence electrons. The maximum Gasteiger partial charge on any atom is 0.186 e. The van der Waals surface area contributed by atoms with Gasteiger partial charge in [0.25, 0.3) is 0 Å². The van der Waals surface area contributed by atoms with Crippen molar-refractivity contribution in [2.24, 2.45) is 5.41 Å². The van der Waals surface area contributed by atoms with Gasteiger partial charge in [-0.15, -0.1) is 0 Å². The van der Waals surface area contributed by atoms with Crippen molar-refractivity contribution in [3.8, 4) is 0 Å². The first kappa shape index (κ1) is 28.9. The van der Waals surface area contributed by atoms with Gasteiger partial charge in [-0.05, 0) is 44.9 Å². The number of ether oxygens (including phenoxy) is 4. The van der Waals surface area contributed by atoms with E-state index in [1.807, 2.05) is 6.92 Å². The van der Waals surface area contributed by atoms with Crippen LogP contribution in [-0.4, -0.2) is 116 Å². The lowest BCUT2D eigenvalue weighted by Crippen LogP contribution is -2.61. The minimum atomic E-state index is -1.55. The van der Waals surface area contributed by atoms with Gasteiger partial charge in [0.05, 0.1) is 25.4 Å². The molecule has 0 aromatic heterocycles. The van der Waals surface area contributed by atoms with Crippen molar-refractivity contribution in [1.82, 2.24) is 0 Å². The summed E-state index contributed by atoms with van der Waals surface area (Å²) in [6, 6.07) is 0. The fourth-order valence-corrected chi connectivity index (χ4v) is 5.28. The largest absolute Gasteiger partial charge is 0.393 e. The van der Waals surface area contributed by atoms with Gasteiger partial charge in [0.15, 0.2) is 12.6 Å². The topological polar surface area (TPSA) is 179 Å². The molecule has 3 rings (SSSR count). The van der Waals surface area contributed by atoms with Gasteiger partial charge in [0.1, 0.15) is 42.7 Å². The standard InChI is InChI=1S/C24H42O11/c1-11-7-13(8-24(3,4)14(11)6-5-12(2)25)34-23-21(31)19(29)18(28)16(35-23)10-33-22-20(30)17(27)15(26)9-32-22/h12-13,15-23,25-31H,5-10H2,1-4H3/t12-,13-,15+,16-,17+,18-,19+,20-,21-,22+,23-/m1/s1. The Hall–Kier alpha value is -0.700. The van der Waals surface area contributed by atoms with E-state index in [9.17, 15) is 35.7 Å². The molecule has 0 spiro atoms. The van der Waals surface area contributed by atoms with Crippen LogP contribution in [0.5, 0.6) is 0 Å². The number of hydrogen-bond donors (Lipinski definition) is 7. The van der Waals surface area contributed by atoms with Gasteiger partial charge in [0, 0.05) is 0 Å². The molecular formula is C24H42O11. The zero-order valence-electron chi connectivity index (χ0n) is 20.9. The van der Waals surface area contributed by atoms with Crippen molar-refractivity contribution < 1.29 is 54.7 Å². The zero-order chi connectivity index (χ0) is 26.1. The second-order valence-corrected chi connectivity index (χ2v) is 10.8. The molecule has 0 aromatic carbocycles. The summed E-state index contributed by atoms with van der Waals surface area (Å²) in [5.41, 5.74) is 2.24. The van der Waals surface area contributed by atoms with Gasteiger partial charge < -0.3 is 54.7 Å². The van der Waals surface area contributed by atoms with E-state index in [2.05, 4.69) is 13.8 Å². The molecule has 3 aliphatic rings. The second-order valence-electron chi connectivity index (χ2n) is 10.8. The summed E-state index contributed by atoms with van der Waals surface area (Å²) in [7, 11) is 0. The van der Waals surface area contributed by atoms with E-state index in [1.54, 1.807) is 6.92 Å². The zero-order valence-corrected chi connectivity index (χ0v) is 20.9. The number of hydrogen-bond acceptors (Lipinski definition) is 11. The summed E-state index contributed by atoms with van der Waals surface area (Å²) in [4.78, 5) is 0. The van der Waals surface area contributed by atoms with Crippen molar-refractivity contribution in [3.63, 3.8) is 0 Å². The second kappa shape index (κ2) is 11.8. The molecule has 11 atom stereocenters. The predicted molar refractivity (Wildman–Crippen MR) is 122 cm³/mol. The van der Waals surface area contributed by atoms with E-state index in [-0.39, 0.29) is 30.8 Å². The normalized spacial score (nSPS) is 43.3. The molecule has 0 amide bonds. The first-order valence-electron chi connectivity index (χ1n) is 12.3. The quantitative estimate of drug-likeness (QED) is 0.199. The number of aliphatic hydroxyl groups excluding tert-OH is 7. The van der Waals surface area contributed by atoms with Gasteiger partial charge in [0.2, 0.25) is 0 Å². The SMILES string of the molecule is CC1=C(CC[C@@H](C)O)C(C)(C)C[C@H](O[C@@H]2O[C@H](CO[C@@H]3OC[C@H](O)[C@H](O)[C@H]3O)[C@@H](O)[C@H](O)[C@H]2O)C1. The molecule has 0 bridgehead atoms. The van der Waals surface area contributed by atoms with Crippen LogP contribution in [0.4, 0.5) is 0 Å². The maximum absolute atomic E-state index is 10.5. The molecule has 0 saturated carbocycles. The number of aliphatic hydroxyl groups is 7. The average Bonchev–Trinajstić information content (AvgIpc) is 2.77. The van der Waals surface area contributed by atoms with Crippen LogP contribution in [0.3, 0.4) is 0 Å². The highest BCUT2D eigenvalue weighted by atomic mass is 16.7. The Morgan fingerprint density at radius 3 is 2.26 bits per heavy atom. The summed E-state index contributed by atoms with van der Waals surface area (Å²) >= 11 is 0. The summed E-state index contributed by atoms with van der Waals surface area (Å²) < 4.78 is 22.5. The third-order valence-corrected chi connectivity index (χ3v) is 7.29. The van der Waals surface area contributed by atoms with Crippen LogP contribution in [0.2, 0.25) is 0 Å². The molecule has 11 heteroatoms. The molecule has 0 aromatic rings. The first-order chi connectivity index (χ1) is 16.3. The smallest absolute Gasteiger partial charge is 0.186 e. The van der Waals surface area contributed by atoms with Crippen LogP contribution in [0, 0.1) is 5.41 Å². The molecule has 2 aliphatic heterocycles. The molecule has 2 fully saturated rings. The highest BCUT2D eigenvalue weighted by Crippen LogP contribution is 2.44. The van der Waals surface area contributed by atoms with Gasteiger partial charge in [-0.25, -0.2) is 0 Å². The number of allylic oxidation sites excluding steroid dienone is 1. The van der Waals surface area contributed by atoms with E-state index in [0.29, 0.717) is 19.3 Å². The summed E-state index contributed by atoms with van der Waals surface area (Å²) in [6.45, 7) is 7.45. The Bertz CT molecular complexity index is 726. The fraction of sp³-hybridized carbons (Fsp3) is 0.917. The third-order valence-electron chi connectivity index (χ3n) is 7.29. The first-order valence-corrected chi connectivity index (χ1v) is 12.3. The van der Waals surface area contributed by atoms with Crippen LogP contribution in [0.25, 0.3) is 0 Å². The lowest BCUT2D eigenvalue weighted by atomic mass is 9.70. The van der Waals surface area contributed by atoms with Gasteiger partial charge in [-0.2, -0.15) is 0 Å². The van der Waals surface area contributed by atoms with Crippen LogP contribution in [0.15, 0.2) is 11.1 Å². The summed E-state index contributed by atoms with van der Waals surface area (Å²) in [6.07, 6.45) is -10.3. The Morgan fingerprint density at radius 2 is 1.63 bits per heavy atom. The third kappa shape index (κ3) is 6.79. The van der Waals surface area contributed by atoms with Crippen molar-refractivity contribution in [1.29, 1.82) is 0 Å². The predicted octanol–water partition coefficient (Wildman–Crippen LogP) is -1.07. The summed E-state index contributed by atoms with van der Waals surface area (Å²) in [5.74, 6) is 0. The van der Waals surface area contributed by atoms with E-state index in [1.165, 1.54) is 5.57 Å². The molecule has 1 aliphatic carbocycles. The molecule has 7 N–H and O–H groups in total. The Labute approximate surface area is 205 Å². The van der Waals surface area contributed by atoms with Crippen LogP contribution in [0.1, 0.15) is 53.4 Å². The lowest BCUT2D eigenvalue weighted by molar-refractivity contribution is -0.328. The Balaban J connectivity index is 1.62. The van der Waals surface area contributed by atoms with Gasteiger partial charge >= 0.3 is 0 Å². The highest BCUT2D eigenvalue weighted by Gasteiger charge is 2.47. The highest BCUT2D eigenvalue weighted by molar-refractivity contribution is 5.24. The van der Waals surface area contributed by atoms with Crippen LogP contribution >= 0.6 is 0 Å². The van der Waals surface area contributed by atoms with E-state index >= 15 is 0 Å². The van der Waals surface area contributed by atoms with E-state index < -0.39 is 55.3 Å². The minimum Gasteiger partial charge on any atom is -0.393 e. The van der Waals surface area contributed by atoms with Crippen LogP contribution in [-0.2, 0) is 18.9 Å². The van der Waals surface area contributed by atoms with Crippen molar-refractivity contribution in [3.05, 3.63) is 11.1 Å². The molecule has 2 saturated heterocycles. The fourth-order valence-electron chi connectivity index (χ4n) is 5.28. The average molecular weight is 507 g/mol. The van der Waals surface area contributed by atoms with Crippen molar-refractivity contribution >= 4 is 0 Å². The van der Waals surface area contributed by atoms with Gasteiger partial charge in [-0.1, -0.05) is 25.0 Å². The molecule has 0 radical (unpaired) electrons. The Morgan fingerprint density at radius 1 is 0.971 bits per heavy atom. The Kier molecular flexibility index (Phi) is 9.72. The summed E-state index contributed by atoms with van der Waals surface area (Å²) in [5, 5.41) is 70.4. The molecule has 0 unspecified atom stereocenters. The molecule has 11 nitrogen and oxygen atoms in total. The van der Waals surface area contributed by atoms with Crippen molar-refractivity contribution in [2.45, 2.75) is 121 Å². The minimum absolute atomic E-state index is 0.192. The van der Waals surface area contributed by atoms with E-state index in [4.69, 9.17) is 18.9 Å². The molecular weight excluding hydrogens is 464 g/mol.